The van der Waals surface area contributed by atoms with Gasteiger partial charge in [0.2, 0.25) is 0 Å². The molecule has 0 spiro atoms. The second-order valence-electron chi connectivity index (χ2n) is 5.45. The Balaban J connectivity index is 1.88. The normalized spacial score (nSPS) is 29.5. The molecule has 0 aromatic carbocycles. The van der Waals surface area contributed by atoms with Crippen molar-refractivity contribution in [3.05, 3.63) is 11.6 Å². The fourth-order valence-corrected chi connectivity index (χ4v) is 2.68. The van der Waals surface area contributed by atoms with E-state index in [0.29, 0.717) is 11.7 Å². The highest BCUT2D eigenvalue weighted by Gasteiger charge is 2.30. The van der Waals surface area contributed by atoms with Gasteiger partial charge in [0.1, 0.15) is 0 Å². The molecule has 0 aromatic heterocycles. The van der Waals surface area contributed by atoms with Crippen LogP contribution in [0.25, 0.3) is 0 Å². The van der Waals surface area contributed by atoms with Gasteiger partial charge in [0.25, 0.3) is 0 Å². The maximum Gasteiger partial charge on any atom is 0.162 e. The summed E-state index contributed by atoms with van der Waals surface area (Å²) in [6.07, 6.45) is 4.16. The lowest BCUT2D eigenvalue weighted by Gasteiger charge is -2.28. The van der Waals surface area contributed by atoms with E-state index in [-0.39, 0.29) is 5.92 Å². The SMILES string of the molecule is CC(C)C=C1CCC(CN2CCOCC2)C1=O. The minimum atomic E-state index is 0.234. The molecule has 1 aliphatic carbocycles. The second-order valence-corrected chi connectivity index (χ2v) is 5.45. The molecular formula is C14H23NO2. The van der Waals surface area contributed by atoms with Gasteiger partial charge in [-0.1, -0.05) is 19.9 Å². The molecule has 1 aliphatic heterocycles. The summed E-state index contributed by atoms with van der Waals surface area (Å²) in [6.45, 7) is 8.79. The zero-order chi connectivity index (χ0) is 12.3. The Bertz CT molecular complexity index is 303. The summed E-state index contributed by atoms with van der Waals surface area (Å²) >= 11 is 0. The first kappa shape index (κ1) is 12.8. The Morgan fingerprint density at radius 2 is 2.12 bits per heavy atom. The van der Waals surface area contributed by atoms with E-state index in [9.17, 15) is 4.79 Å². The maximum absolute atomic E-state index is 12.2. The number of morpholine rings is 1. The van der Waals surface area contributed by atoms with Crippen LogP contribution in [0.4, 0.5) is 0 Å². The van der Waals surface area contributed by atoms with Crippen molar-refractivity contribution in [3.63, 3.8) is 0 Å². The van der Waals surface area contributed by atoms with Gasteiger partial charge in [0.05, 0.1) is 13.2 Å². The van der Waals surface area contributed by atoms with Gasteiger partial charge < -0.3 is 4.74 Å². The highest BCUT2D eigenvalue weighted by molar-refractivity contribution is 5.99. The molecule has 0 amide bonds. The summed E-state index contributed by atoms with van der Waals surface area (Å²) in [6, 6.07) is 0. The molecular weight excluding hydrogens is 214 g/mol. The molecule has 0 radical (unpaired) electrons. The largest absolute Gasteiger partial charge is 0.379 e. The summed E-state index contributed by atoms with van der Waals surface area (Å²) in [5.41, 5.74) is 1.07. The highest BCUT2D eigenvalue weighted by atomic mass is 16.5. The van der Waals surface area contributed by atoms with Crippen LogP contribution in [0.15, 0.2) is 11.6 Å². The number of hydrogen-bond acceptors (Lipinski definition) is 3. The molecule has 0 N–H and O–H groups in total. The van der Waals surface area contributed by atoms with Crippen LogP contribution < -0.4 is 0 Å². The third-order valence-corrected chi connectivity index (χ3v) is 3.57. The van der Waals surface area contributed by atoms with Crippen molar-refractivity contribution >= 4 is 5.78 Å². The fourth-order valence-electron chi connectivity index (χ4n) is 2.68. The lowest BCUT2D eigenvalue weighted by atomic mass is 10.0. The molecule has 17 heavy (non-hydrogen) atoms. The molecule has 1 saturated heterocycles. The predicted molar refractivity (Wildman–Crippen MR) is 67.9 cm³/mol. The number of rotatable bonds is 3. The predicted octanol–water partition coefficient (Wildman–Crippen LogP) is 1.88. The first-order valence-corrected chi connectivity index (χ1v) is 6.72. The lowest BCUT2D eigenvalue weighted by Crippen LogP contribution is -2.40. The van der Waals surface area contributed by atoms with E-state index in [1.165, 1.54) is 0 Å². The molecule has 1 saturated carbocycles. The molecule has 96 valence electrons. The zero-order valence-corrected chi connectivity index (χ0v) is 10.9. The van der Waals surface area contributed by atoms with Gasteiger partial charge in [-0.3, -0.25) is 9.69 Å². The molecule has 3 nitrogen and oxygen atoms in total. The van der Waals surface area contributed by atoms with E-state index in [1.807, 2.05) is 0 Å². The van der Waals surface area contributed by atoms with E-state index in [0.717, 1.165) is 51.3 Å². The van der Waals surface area contributed by atoms with E-state index < -0.39 is 0 Å². The highest BCUT2D eigenvalue weighted by Crippen LogP contribution is 2.28. The van der Waals surface area contributed by atoms with Gasteiger partial charge in [0.15, 0.2) is 5.78 Å². The standard InChI is InChI=1S/C14H23NO2/c1-11(2)9-12-3-4-13(14(12)16)10-15-5-7-17-8-6-15/h9,11,13H,3-8,10H2,1-2H3. The molecule has 3 heteroatoms. The van der Waals surface area contributed by atoms with Gasteiger partial charge in [-0.15, -0.1) is 0 Å². The van der Waals surface area contributed by atoms with Crippen molar-refractivity contribution in [1.29, 1.82) is 0 Å². The number of Topliss-reactive ketones (excluding diaryl/α,β-unsaturated/α-hetero) is 1. The van der Waals surface area contributed by atoms with Crippen LogP contribution in [-0.2, 0) is 9.53 Å². The van der Waals surface area contributed by atoms with Crippen molar-refractivity contribution in [2.24, 2.45) is 11.8 Å². The van der Waals surface area contributed by atoms with Crippen LogP contribution in [-0.4, -0.2) is 43.5 Å². The minimum Gasteiger partial charge on any atom is -0.379 e. The summed E-state index contributed by atoms with van der Waals surface area (Å²) in [5, 5.41) is 0. The number of allylic oxidation sites excluding steroid dienone is 2. The fraction of sp³-hybridized carbons (Fsp3) is 0.786. The van der Waals surface area contributed by atoms with E-state index in [4.69, 9.17) is 4.74 Å². The molecule has 1 unspecified atom stereocenters. The number of nitrogens with zero attached hydrogens (tertiary/aromatic N) is 1. The number of carbonyl (C=O) groups is 1. The summed E-state index contributed by atoms with van der Waals surface area (Å²) in [4.78, 5) is 14.6. The lowest BCUT2D eigenvalue weighted by molar-refractivity contribution is -0.118. The number of carbonyl (C=O) groups excluding carboxylic acids is 1. The monoisotopic (exact) mass is 237 g/mol. The van der Waals surface area contributed by atoms with Gasteiger partial charge in [0, 0.05) is 25.6 Å². The van der Waals surface area contributed by atoms with E-state index >= 15 is 0 Å². The van der Waals surface area contributed by atoms with Crippen LogP contribution >= 0.6 is 0 Å². The molecule has 0 aromatic rings. The average Bonchev–Trinajstić information content (AvgIpc) is 2.62. The molecule has 2 fully saturated rings. The molecule has 1 atom stereocenters. The summed E-state index contributed by atoms with van der Waals surface area (Å²) in [7, 11) is 0. The summed E-state index contributed by atoms with van der Waals surface area (Å²) in [5.74, 6) is 1.11. The second kappa shape index (κ2) is 5.78. The van der Waals surface area contributed by atoms with Crippen LogP contribution in [0.2, 0.25) is 0 Å². The van der Waals surface area contributed by atoms with Crippen LogP contribution in [0.1, 0.15) is 26.7 Å². The Morgan fingerprint density at radius 3 is 2.76 bits per heavy atom. The van der Waals surface area contributed by atoms with Crippen molar-refractivity contribution < 1.29 is 9.53 Å². The third-order valence-electron chi connectivity index (χ3n) is 3.57. The Kier molecular flexibility index (Phi) is 4.35. The van der Waals surface area contributed by atoms with Gasteiger partial charge in [-0.05, 0) is 24.3 Å². The third kappa shape index (κ3) is 3.39. The molecule has 2 rings (SSSR count). The Morgan fingerprint density at radius 1 is 1.41 bits per heavy atom. The first-order chi connectivity index (χ1) is 8.16. The maximum atomic E-state index is 12.2. The Hall–Kier alpha value is -0.670. The number of hydrogen-bond donors (Lipinski definition) is 0. The minimum absolute atomic E-state index is 0.234. The average molecular weight is 237 g/mol. The molecule has 2 aliphatic rings. The van der Waals surface area contributed by atoms with Crippen LogP contribution in [0.5, 0.6) is 0 Å². The van der Waals surface area contributed by atoms with Crippen molar-refractivity contribution in [2.75, 3.05) is 32.8 Å². The molecule has 0 bridgehead atoms. The Labute approximate surface area is 104 Å². The van der Waals surface area contributed by atoms with Gasteiger partial charge >= 0.3 is 0 Å². The summed E-state index contributed by atoms with van der Waals surface area (Å²) < 4.78 is 5.33. The number of ketones is 1. The van der Waals surface area contributed by atoms with Gasteiger partial charge in [-0.2, -0.15) is 0 Å². The zero-order valence-electron chi connectivity index (χ0n) is 10.9. The van der Waals surface area contributed by atoms with Gasteiger partial charge in [-0.25, -0.2) is 0 Å². The van der Waals surface area contributed by atoms with Crippen molar-refractivity contribution in [3.8, 4) is 0 Å². The molecule has 1 heterocycles. The van der Waals surface area contributed by atoms with Crippen molar-refractivity contribution in [2.45, 2.75) is 26.7 Å². The number of ether oxygens (including phenoxy) is 1. The smallest absolute Gasteiger partial charge is 0.162 e. The van der Waals surface area contributed by atoms with E-state index in [2.05, 4.69) is 24.8 Å². The van der Waals surface area contributed by atoms with Crippen molar-refractivity contribution in [1.82, 2.24) is 4.90 Å². The first-order valence-electron chi connectivity index (χ1n) is 6.72. The quantitative estimate of drug-likeness (QED) is 0.702. The van der Waals surface area contributed by atoms with Crippen LogP contribution in [0.3, 0.4) is 0 Å². The van der Waals surface area contributed by atoms with E-state index in [1.54, 1.807) is 0 Å². The van der Waals surface area contributed by atoms with Crippen LogP contribution in [0, 0.1) is 11.8 Å². The topological polar surface area (TPSA) is 29.5 Å².